The Morgan fingerprint density at radius 2 is 1.30 bits per heavy atom. The summed E-state index contributed by atoms with van der Waals surface area (Å²) in [5.74, 6) is 0. The van der Waals surface area contributed by atoms with E-state index in [0.29, 0.717) is 13.1 Å². The van der Waals surface area contributed by atoms with Gasteiger partial charge in [0.2, 0.25) is 0 Å². The van der Waals surface area contributed by atoms with Crippen molar-refractivity contribution in [2.45, 2.75) is 12.2 Å². The van der Waals surface area contributed by atoms with Crippen molar-refractivity contribution in [1.82, 2.24) is 10.6 Å². The van der Waals surface area contributed by atoms with E-state index in [-0.39, 0.29) is 0 Å². The molecule has 4 nitrogen and oxygen atoms in total. The second-order valence-electron chi connectivity index (χ2n) is 2.25. The molecule has 10 heavy (non-hydrogen) atoms. The van der Waals surface area contributed by atoms with Gasteiger partial charge in [0, 0.05) is 13.1 Å². The molecule has 0 aromatic rings. The van der Waals surface area contributed by atoms with Crippen molar-refractivity contribution < 1.29 is 10.2 Å². The molecule has 4 N–H and O–H groups in total. The summed E-state index contributed by atoms with van der Waals surface area (Å²) in [5, 5.41) is 23.7. The third kappa shape index (κ3) is 3.79. The zero-order valence-corrected chi connectivity index (χ0v) is 6.46. The molecule has 2 atom stereocenters. The van der Waals surface area contributed by atoms with Crippen LogP contribution in [0.15, 0.2) is 0 Å². The Labute approximate surface area is 61.3 Å². The Morgan fingerprint density at radius 3 is 1.50 bits per heavy atom. The van der Waals surface area contributed by atoms with Crippen LogP contribution in [0.25, 0.3) is 0 Å². The third-order valence-corrected chi connectivity index (χ3v) is 1.27. The highest BCUT2D eigenvalue weighted by molar-refractivity contribution is 4.69. The summed E-state index contributed by atoms with van der Waals surface area (Å²) in [6.07, 6.45) is -1.37. The maximum Gasteiger partial charge on any atom is 0.0935 e. The van der Waals surface area contributed by atoms with Crippen molar-refractivity contribution in [3.8, 4) is 0 Å². The fraction of sp³-hybridized carbons (Fsp3) is 1.00. The molecule has 0 aliphatic carbocycles. The van der Waals surface area contributed by atoms with Crippen molar-refractivity contribution >= 4 is 0 Å². The van der Waals surface area contributed by atoms with Crippen LogP contribution < -0.4 is 10.6 Å². The van der Waals surface area contributed by atoms with Gasteiger partial charge < -0.3 is 20.8 Å². The van der Waals surface area contributed by atoms with E-state index in [1.807, 2.05) is 0 Å². The van der Waals surface area contributed by atoms with Crippen LogP contribution in [-0.4, -0.2) is 49.6 Å². The van der Waals surface area contributed by atoms with Gasteiger partial charge in [-0.05, 0) is 14.1 Å². The van der Waals surface area contributed by atoms with Gasteiger partial charge in [0.1, 0.15) is 0 Å². The Balaban J connectivity index is 3.38. The van der Waals surface area contributed by atoms with Crippen LogP contribution >= 0.6 is 0 Å². The lowest BCUT2D eigenvalue weighted by molar-refractivity contribution is 0.0231. The monoisotopic (exact) mass is 148 g/mol. The molecule has 62 valence electrons. The lowest BCUT2D eigenvalue weighted by Crippen LogP contribution is -2.40. The molecule has 0 aromatic heterocycles. The van der Waals surface area contributed by atoms with Crippen LogP contribution in [0.3, 0.4) is 0 Å². The second kappa shape index (κ2) is 5.61. The zero-order chi connectivity index (χ0) is 7.98. The topological polar surface area (TPSA) is 64.5 Å². The summed E-state index contributed by atoms with van der Waals surface area (Å²) in [7, 11) is 3.46. The summed E-state index contributed by atoms with van der Waals surface area (Å²) in [4.78, 5) is 0. The number of rotatable bonds is 5. The van der Waals surface area contributed by atoms with Crippen LogP contribution in [0.4, 0.5) is 0 Å². The van der Waals surface area contributed by atoms with E-state index >= 15 is 0 Å². The molecule has 0 rings (SSSR count). The van der Waals surface area contributed by atoms with Crippen molar-refractivity contribution in [1.29, 1.82) is 0 Å². The number of hydrogen-bond donors (Lipinski definition) is 4. The number of aliphatic hydroxyl groups is 2. The maximum absolute atomic E-state index is 9.10. The Morgan fingerprint density at radius 1 is 1.00 bits per heavy atom. The summed E-state index contributed by atoms with van der Waals surface area (Å²) in [6.45, 7) is 0.839. The van der Waals surface area contributed by atoms with E-state index in [9.17, 15) is 0 Å². The Hall–Kier alpha value is -0.160. The molecule has 0 saturated heterocycles. The Bertz CT molecular complexity index is 70.1. The standard InChI is InChI=1S/C6H16N2O2/c1-7-3-5(9)6(10)4-8-2/h5-10H,3-4H2,1-2H3/t5-,6-/m0/s1. The van der Waals surface area contributed by atoms with Crippen LogP contribution in [0.1, 0.15) is 0 Å². The molecule has 0 radical (unpaired) electrons. The average Bonchev–Trinajstić information content (AvgIpc) is 1.89. The summed E-state index contributed by atoms with van der Waals surface area (Å²) in [5.41, 5.74) is 0. The maximum atomic E-state index is 9.10. The fourth-order valence-corrected chi connectivity index (χ4v) is 0.690. The molecule has 0 aliphatic heterocycles. The van der Waals surface area contributed by atoms with Crippen molar-refractivity contribution in [3.63, 3.8) is 0 Å². The van der Waals surface area contributed by atoms with Crippen LogP contribution in [0.2, 0.25) is 0 Å². The lowest BCUT2D eigenvalue weighted by atomic mass is 10.2. The van der Waals surface area contributed by atoms with E-state index in [4.69, 9.17) is 10.2 Å². The molecule has 0 bridgehead atoms. The number of nitrogens with one attached hydrogen (secondary N) is 2. The first-order chi connectivity index (χ1) is 4.72. The highest BCUT2D eigenvalue weighted by Gasteiger charge is 2.13. The third-order valence-electron chi connectivity index (χ3n) is 1.27. The Kier molecular flexibility index (Phi) is 5.52. The molecule has 0 amide bonds. The minimum absolute atomic E-state index is 0.419. The van der Waals surface area contributed by atoms with Crippen LogP contribution in [0.5, 0.6) is 0 Å². The molecule has 0 spiro atoms. The molecule has 0 aromatic carbocycles. The van der Waals surface area contributed by atoms with Crippen molar-refractivity contribution in [2.75, 3.05) is 27.2 Å². The molecule has 0 unspecified atom stereocenters. The van der Waals surface area contributed by atoms with E-state index < -0.39 is 12.2 Å². The van der Waals surface area contributed by atoms with Crippen LogP contribution in [0, 0.1) is 0 Å². The number of aliphatic hydroxyl groups excluding tert-OH is 2. The number of hydrogen-bond acceptors (Lipinski definition) is 4. The van der Waals surface area contributed by atoms with Crippen molar-refractivity contribution in [3.05, 3.63) is 0 Å². The molecule has 4 heteroatoms. The summed E-state index contributed by atoms with van der Waals surface area (Å²) >= 11 is 0. The van der Waals surface area contributed by atoms with Gasteiger partial charge in [-0.2, -0.15) is 0 Å². The average molecular weight is 148 g/mol. The quantitative estimate of drug-likeness (QED) is 0.369. The largest absolute Gasteiger partial charge is 0.389 e. The van der Waals surface area contributed by atoms with Gasteiger partial charge in [-0.3, -0.25) is 0 Å². The second-order valence-corrected chi connectivity index (χ2v) is 2.25. The smallest absolute Gasteiger partial charge is 0.0935 e. The van der Waals surface area contributed by atoms with Gasteiger partial charge in [0.15, 0.2) is 0 Å². The first kappa shape index (κ1) is 9.84. The summed E-state index contributed by atoms with van der Waals surface area (Å²) < 4.78 is 0. The predicted octanol–water partition coefficient (Wildman–Crippen LogP) is -1.85. The van der Waals surface area contributed by atoms with Gasteiger partial charge in [-0.15, -0.1) is 0 Å². The zero-order valence-electron chi connectivity index (χ0n) is 6.46. The first-order valence-corrected chi connectivity index (χ1v) is 3.37. The minimum Gasteiger partial charge on any atom is -0.389 e. The van der Waals surface area contributed by atoms with Gasteiger partial charge in [0.25, 0.3) is 0 Å². The van der Waals surface area contributed by atoms with E-state index in [2.05, 4.69) is 10.6 Å². The molecule has 0 aliphatic rings. The lowest BCUT2D eigenvalue weighted by Gasteiger charge is -2.16. The number of likely N-dealkylation sites (N-methyl/N-ethyl adjacent to an activating group) is 2. The van der Waals surface area contributed by atoms with Crippen LogP contribution in [-0.2, 0) is 0 Å². The van der Waals surface area contributed by atoms with E-state index in [1.165, 1.54) is 0 Å². The normalized spacial score (nSPS) is 16.8. The summed E-state index contributed by atoms with van der Waals surface area (Å²) in [6, 6.07) is 0. The van der Waals surface area contributed by atoms with E-state index in [1.54, 1.807) is 14.1 Å². The molecular weight excluding hydrogens is 132 g/mol. The van der Waals surface area contributed by atoms with Gasteiger partial charge in [-0.1, -0.05) is 0 Å². The first-order valence-electron chi connectivity index (χ1n) is 3.37. The van der Waals surface area contributed by atoms with Crippen molar-refractivity contribution in [2.24, 2.45) is 0 Å². The molecule has 0 fully saturated rings. The highest BCUT2D eigenvalue weighted by Crippen LogP contribution is 1.88. The van der Waals surface area contributed by atoms with E-state index in [0.717, 1.165) is 0 Å². The minimum atomic E-state index is -0.683. The molecular formula is C6H16N2O2. The highest BCUT2D eigenvalue weighted by atomic mass is 16.3. The van der Waals surface area contributed by atoms with Gasteiger partial charge >= 0.3 is 0 Å². The predicted molar refractivity (Wildman–Crippen MR) is 39.9 cm³/mol. The SMILES string of the molecule is CNC[C@H](O)[C@@H](O)CNC. The molecule has 0 heterocycles. The molecule has 0 saturated carbocycles. The fourth-order valence-electron chi connectivity index (χ4n) is 0.690. The van der Waals surface area contributed by atoms with Gasteiger partial charge in [0.05, 0.1) is 12.2 Å². The van der Waals surface area contributed by atoms with Gasteiger partial charge in [-0.25, -0.2) is 0 Å².